The largest absolute Gasteiger partial charge is 0.419 e. The average Bonchev–Trinajstić information content (AvgIpc) is 3.09. The van der Waals surface area contributed by atoms with Crippen molar-refractivity contribution in [1.29, 1.82) is 0 Å². The lowest BCUT2D eigenvalue weighted by atomic mass is 9.94. The van der Waals surface area contributed by atoms with Gasteiger partial charge in [0.15, 0.2) is 5.58 Å². The van der Waals surface area contributed by atoms with Crippen LogP contribution < -0.4 is 11.1 Å². The van der Waals surface area contributed by atoms with Crippen molar-refractivity contribution in [2.45, 2.75) is 51.0 Å². The number of anilines is 1. The highest BCUT2D eigenvalue weighted by atomic mass is 32.2. The molecule has 8 nitrogen and oxygen atoms in total. The molecule has 1 aliphatic heterocycles. The predicted octanol–water partition coefficient (Wildman–Crippen LogP) is 3.74. The van der Waals surface area contributed by atoms with Gasteiger partial charge in [0.25, 0.3) is 0 Å². The van der Waals surface area contributed by atoms with Crippen molar-refractivity contribution in [3.8, 4) is 0 Å². The van der Waals surface area contributed by atoms with Gasteiger partial charge in [-0.25, -0.2) is 13.2 Å². The van der Waals surface area contributed by atoms with Crippen LogP contribution in [0.2, 0.25) is 0 Å². The van der Waals surface area contributed by atoms with E-state index in [0.717, 1.165) is 17.7 Å². The highest BCUT2D eigenvalue weighted by molar-refractivity contribution is 7.89. The highest BCUT2D eigenvalue weighted by Crippen LogP contribution is 2.28. The molecule has 0 radical (unpaired) electrons. The summed E-state index contributed by atoms with van der Waals surface area (Å²) in [4.78, 5) is 24.6. The third-order valence-corrected chi connectivity index (χ3v) is 7.97. The fraction of sp³-hybridized carbons (Fsp3) is 0.417. The number of hydrogen-bond acceptors (Lipinski definition) is 5. The highest BCUT2D eigenvalue weighted by Gasteiger charge is 2.30. The van der Waals surface area contributed by atoms with E-state index in [1.807, 2.05) is 38.1 Å². The van der Waals surface area contributed by atoms with E-state index >= 15 is 0 Å². The lowest BCUT2D eigenvalue weighted by Crippen LogP contribution is -2.39. The second-order valence-corrected chi connectivity index (χ2v) is 10.6. The molecule has 0 atom stereocenters. The molecule has 2 aromatic carbocycles. The fourth-order valence-electron chi connectivity index (χ4n) is 4.34. The van der Waals surface area contributed by atoms with Gasteiger partial charge in [-0.05, 0) is 61.9 Å². The number of sulfonamides is 1. The first-order chi connectivity index (χ1) is 15.8. The van der Waals surface area contributed by atoms with Crippen LogP contribution in [0.4, 0.5) is 5.69 Å². The Hall–Kier alpha value is -2.91. The van der Waals surface area contributed by atoms with Crippen LogP contribution in [0.1, 0.15) is 38.2 Å². The zero-order valence-corrected chi connectivity index (χ0v) is 19.7. The van der Waals surface area contributed by atoms with Crippen LogP contribution in [0.25, 0.3) is 11.1 Å². The number of aromatic nitrogens is 1. The lowest BCUT2D eigenvalue weighted by molar-refractivity contribution is -0.117. The molecule has 0 bridgehead atoms. The van der Waals surface area contributed by atoms with Crippen molar-refractivity contribution >= 4 is 32.7 Å². The molecule has 1 aliphatic rings. The molecule has 1 fully saturated rings. The van der Waals surface area contributed by atoms with Gasteiger partial charge in [-0.3, -0.25) is 9.36 Å². The zero-order chi connectivity index (χ0) is 23.6. The average molecular weight is 472 g/mol. The minimum absolute atomic E-state index is 0.0565. The number of hydrogen-bond donors (Lipinski definition) is 1. The number of carbonyl (C=O) groups excluding carboxylic acids is 1. The minimum Gasteiger partial charge on any atom is -0.408 e. The molecule has 3 aromatic rings. The molecule has 0 aliphatic carbocycles. The van der Waals surface area contributed by atoms with Crippen molar-refractivity contribution < 1.29 is 17.6 Å². The number of amides is 1. The topological polar surface area (TPSA) is 102 Å². The molecule has 1 N–H and O–H groups in total. The van der Waals surface area contributed by atoms with E-state index in [4.69, 9.17) is 4.42 Å². The van der Waals surface area contributed by atoms with Crippen molar-refractivity contribution in [3.05, 3.63) is 58.6 Å². The van der Waals surface area contributed by atoms with E-state index in [1.54, 1.807) is 6.07 Å². The van der Waals surface area contributed by atoms with Crippen LogP contribution >= 0.6 is 0 Å². The Morgan fingerprint density at radius 2 is 1.91 bits per heavy atom. The van der Waals surface area contributed by atoms with E-state index in [-0.39, 0.29) is 22.3 Å². The number of oxazole rings is 1. The van der Waals surface area contributed by atoms with Crippen LogP contribution in [-0.4, -0.2) is 36.3 Å². The van der Waals surface area contributed by atoms with Crippen molar-refractivity contribution in [1.82, 2.24) is 8.87 Å². The zero-order valence-electron chi connectivity index (χ0n) is 18.9. The van der Waals surface area contributed by atoms with E-state index in [1.165, 1.54) is 21.0 Å². The molecule has 0 saturated carbocycles. The quantitative estimate of drug-likeness (QED) is 0.566. The summed E-state index contributed by atoms with van der Waals surface area (Å²) < 4.78 is 34.6. The van der Waals surface area contributed by atoms with Gasteiger partial charge >= 0.3 is 5.76 Å². The summed E-state index contributed by atoms with van der Waals surface area (Å²) in [6.07, 6.45) is 2.37. The summed E-state index contributed by atoms with van der Waals surface area (Å²) in [6, 6.07) is 12.2. The number of benzene rings is 2. The molecular weight excluding hydrogens is 442 g/mol. The van der Waals surface area contributed by atoms with Gasteiger partial charge in [0.1, 0.15) is 0 Å². The Morgan fingerprint density at radius 3 is 2.61 bits per heavy atom. The fourth-order valence-corrected chi connectivity index (χ4v) is 5.83. The van der Waals surface area contributed by atoms with Gasteiger partial charge in [0.05, 0.1) is 10.4 Å². The van der Waals surface area contributed by atoms with E-state index in [2.05, 4.69) is 5.32 Å². The summed E-state index contributed by atoms with van der Waals surface area (Å²) in [7, 11) is -3.71. The Bertz CT molecular complexity index is 1320. The normalized spacial score (nSPS) is 15.7. The minimum atomic E-state index is -3.71. The van der Waals surface area contributed by atoms with Crippen LogP contribution in [-0.2, 0) is 21.4 Å². The molecule has 176 valence electrons. The first-order valence-electron chi connectivity index (χ1n) is 11.3. The molecule has 4 rings (SSSR count). The number of aryl methyl sites for hydroxylation is 2. The van der Waals surface area contributed by atoms with Gasteiger partial charge in [-0.1, -0.05) is 19.1 Å². The van der Waals surface area contributed by atoms with Crippen molar-refractivity contribution in [2.75, 3.05) is 18.4 Å². The number of piperidine rings is 1. The third kappa shape index (κ3) is 5.04. The second kappa shape index (κ2) is 9.52. The molecule has 0 spiro atoms. The van der Waals surface area contributed by atoms with Crippen LogP contribution in [0, 0.1) is 12.8 Å². The van der Waals surface area contributed by atoms with Gasteiger partial charge in [0.2, 0.25) is 15.9 Å². The molecular formula is C24H29N3O5S. The Balaban J connectivity index is 1.39. The van der Waals surface area contributed by atoms with Gasteiger partial charge < -0.3 is 9.73 Å². The molecule has 0 unspecified atom stereocenters. The first-order valence-corrected chi connectivity index (χ1v) is 12.7. The lowest BCUT2D eigenvalue weighted by Gasteiger charge is -2.31. The van der Waals surface area contributed by atoms with Gasteiger partial charge in [-0.2, -0.15) is 4.31 Å². The molecule has 33 heavy (non-hydrogen) atoms. The molecule has 2 heterocycles. The molecule has 9 heteroatoms. The summed E-state index contributed by atoms with van der Waals surface area (Å²) in [6.45, 7) is 5.15. The summed E-state index contributed by atoms with van der Waals surface area (Å²) >= 11 is 0. The summed E-state index contributed by atoms with van der Waals surface area (Å²) in [5, 5.41) is 2.92. The number of fused-ring (bicyclic) bond motifs is 1. The first kappa shape index (κ1) is 23.3. The van der Waals surface area contributed by atoms with E-state index in [0.29, 0.717) is 44.4 Å². The van der Waals surface area contributed by atoms with E-state index < -0.39 is 15.8 Å². The summed E-state index contributed by atoms with van der Waals surface area (Å²) in [5.74, 6) is -0.407. The van der Waals surface area contributed by atoms with Gasteiger partial charge in [0, 0.05) is 37.8 Å². The standard InChI is InChI=1S/C24H29N3O5S/c1-3-11-27-21-8-7-20(16-22(21)32-24(27)29)33(30,31)26-12-9-18(10-13-26)15-23(28)25-19-6-4-5-17(2)14-19/h4-8,14,16,18H,3,9-13,15H2,1-2H3,(H,25,28). The smallest absolute Gasteiger partial charge is 0.408 e. The Kier molecular flexibility index (Phi) is 6.71. The Morgan fingerprint density at radius 1 is 1.15 bits per heavy atom. The van der Waals surface area contributed by atoms with Crippen LogP contribution in [0.15, 0.2) is 56.6 Å². The number of nitrogens with one attached hydrogen (secondary N) is 1. The van der Waals surface area contributed by atoms with Crippen LogP contribution in [0.3, 0.4) is 0 Å². The number of nitrogens with zero attached hydrogens (tertiary/aromatic N) is 2. The monoisotopic (exact) mass is 471 g/mol. The Labute approximate surface area is 193 Å². The SMILES string of the molecule is CCCn1c(=O)oc2cc(S(=O)(=O)N3CCC(CC(=O)Nc4cccc(C)c4)CC3)ccc21. The van der Waals surface area contributed by atoms with Gasteiger partial charge in [-0.15, -0.1) is 0 Å². The summed E-state index contributed by atoms with van der Waals surface area (Å²) in [5.41, 5.74) is 2.72. The predicted molar refractivity (Wildman–Crippen MR) is 127 cm³/mol. The maximum Gasteiger partial charge on any atom is 0.419 e. The van der Waals surface area contributed by atoms with E-state index in [9.17, 15) is 18.0 Å². The van der Waals surface area contributed by atoms with Crippen LogP contribution in [0.5, 0.6) is 0 Å². The maximum atomic E-state index is 13.2. The van der Waals surface area contributed by atoms with Crippen molar-refractivity contribution in [3.63, 3.8) is 0 Å². The number of rotatable bonds is 7. The second-order valence-electron chi connectivity index (χ2n) is 8.62. The molecule has 1 aromatic heterocycles. The van der Waals surface area contributed by atoms with Crippen molar-refractivity contribution in [2.24, 2.45) is 5.92 Å². The molecule has 1 amide bonds. The number of carbonyl (C=O) groups is 1. The molecule has 1 saturated heterocycles. The maximum absolute atomic E-state index is 13.2. The third-order valence-electron chi connectivity index (χ3n) is 6.07.